The van der Waals surface area contributed by atoms with Crippen LogP contribution in [-0.2, 0) is 0 Å². The van der Waals surface area contributed by atoms with Crippen molar-refractivity contribution in [3.05, 3.63) is 51.8 Å². The molecule has 0 amide bonds. The lowest BCUT2D eigenvalue weighted by Gasteiger charge is -2.01. The highest BCUT2D eigenvalue weighted by molar-refractivity contribution is 7.98. The Kier molecular flexibility index (Phi) is 4.88. The van der Waals surface area contributed by atoms with Crippen LogP contribution in [0.4, 0.5) is 10.3 Å². The van der Waals surface area contributed by atoms with Gasteiger partial charge in [-0.15, -0.1) is 23.1 Å². The Morgan fingerprint density at radius 1 is 1.08 bits per heavy atom. The number of nitrogens with one attached hydrogen (secondary N) is 1. The second kappa shape index (κ2) is 7.13. The van der Waals surface area contributed by atoms with Crippen LogP contribution in [0.2, 0.25) is 10.0 Å². The lowest BCUT2D eigenvalue weighted by atomic mass is 10.2. The largest absolute Gasteiger partial charge is 0.307 e. The number of aromatic nitrogens is 2. The van der Waals surface area contributed by atoms with Crippen LogP contribution >= 0.6 is 57.6 Å². The first kappa shape index (κ1) is 17.1. The minimum atomic E-state index is 0.630. The maximum absolute atomic E-state index is 6.26. The molecule has 3 nitrogen and oxygen atoms in total. The summed E-state index contributed by atoms with van der Waals surface area (Å²) < 4.78 is 1.16. The fourth-order valence-corrected chi connectivity index (χ4v) is 5.06. The lowest BCUT2D eigenvalue weighted by molar-refractivity contribution is 1.35. The first-order valence-electron chi connectivity index (χ1n) is 7.25. The summed E-state index contributed by atoms with van der Waals surface area (Å²) in [6, 6.07) is 11.6. The van der Waals surface area contributed by atoms with Gasteiger partial charge in [0.2, 0.25) is 0 Å². The summed E-state index contributed by atoms with van der Waals surface area (Å²) in [6.07, 6.45) is 2.06. The lowest BCUT2D eigenvalue weighted by Crippen LogP contribution is -1.88. The van der Waals surface area contributed by atoms with Gasteiger partial charge in [0.25, 0.3) is 0 Å². The standard InChI is InChI=1S/C17H11Cl2N3S3/c1-23-13-3-2-4-14-15(13)21-17(25-14)22-16-20-12(8-24-16)10-7-9(18)5-6-11(10)19/h2-8H,1H3,(H,20,21,22). The minimum absolute atomic E-state index is 0.630. The van der Waals surface area contributed by atoms with Crippen molar-refractivity contribution in [2.75, 3.05) is 11.6 Å². The maximum atomic E-state index is 6.26. The van der Waals surface area contributed by atoms with E-state index in [2.05, 4.69) is 34.8 Å². The number of halogens is 2. The van der Waals surface area contributed by atoms with Crippen molar-refractivity contribution < 1.29 is 0 Å². The summed E-state index contributed by atoms with van der Waals surface area (Å²) in [5.74, 6) is 0. The van der Waals surface area contributed by atoms with Crippen LogP contribution in [0.3, 0.4) is 0 Å². The second-order valence-corrected chi connectivity index (χ2v) is 8.69. The SMILES string of the molecule is CSc1cccc2sc(Nc3nc(-c4cc(Cl)ccc4Cl)cs3)nc12. The molecule has 0 aliphatic heterocycles. The zero-order chi connectivity index (χ0) is 17.4. The molecule has 2 aromatic carbocycles. The van der Waals surface area contributed by atoms with Crippen molar-refractivity contribution in [3.63, 3.8) is 0 Å². The Morgan fingerprint density at radius 2 is 1.96 bits per heavy atom. The van der Waals surface area contributed by atoms with Crippen molar-refractivity contribution in [2.24, 2.45) is 0 Å². The van der Waals surface area contributed by atoms with E-state index >= 15 is 0 Å². The van der Waals surface area contributed by atoms with Gasteiger partial charge >= 0.3 is 0 Å². The van der Waals surface area contributed by atoms with Gasteiger partial charge in [-0.05, 0) is 36.6 Å². The number of fused-ring (bicyclic) bond motifs is 1. The van der Waals surface area contributed by atoms with Crippen LogP contribution in [-0.4, -0.2) is 16.2 Å². The van der Waals surface area contributed by atoms with Gasteiger partial charge in [-0.1, -0.05) is 40.6 Å². The summed E-state index contributed by atoms with van der Waals surface area (Å²) in [7, 11) is 0. The van der Waals surface area contributed by atoms with Crippen molar-refractivity contribution in [1.82, 2.24) is 9.97 Å². The average molecular weight is 424 g/mol. The third-order valence-electron chi connectivity index (χ3n) is 3.52. The number of nitrogens with zero attached hydrogens (tertiary/aromatic N) is 2. The highest BCUT2D eigenvalue weighted by Crippen LogP contribution is 2.36. The summed E-state index contributed by atoms with van der Waals surface area (Å²) >= 11 is 17.2. The molecule has 0 unspecified atom stereocenters. The molecule has 4 rings (SSSR count). The molecule has 0 saturated heterocycles. The van der Waals surface area contributed by atoms with Crippen LogP contribution in [0.5, 0.6) is 0 Å². The first-order chi connectivity index (χ1) is 12.1. The number of anilines is 2. The van der Waals surface area contributed by atoms with Crippen LogP contribution in [0.15, 0.2) is 46.7 Å². The van der Waals surface area contributed by atoms with Crippen molar-refractivity contribution in [3.8, 4) is 11.3 Å². The Hall–Kier alpha value is -1.31. The van der Waals surface area contributed by atoms with E-state index in [0.717, 1.165) is 31.7 Å². The normalized spacial score (nSPS) is 11.2. The van der Waals surface area contributed by atoms with Crippen LogP contribution in [0.1, 0.15) is 0 Å². The molecule has 8 heteroatoms. The van der Waals surface area contributed by atoms with E-state index in [0.29, 0.717) is 10.0 Å². The number of hydrogen-bond acceptors (Lipinski definition) is 6. The van der Waals surface area contributed by atoms with Crippen LogP contribution < -0.4 is 5.32 Å². The van der Waals surface area contributed by atoms with Gasteiger partial charge in [0.1, 0.15) is 0 Å². The number of hydrogen-bond donors (Lipinski definition) is 1. The first-order valence-corrected chi connectivity index (χ1v) is 10.9. The topological polar surface area (TPSA) is 37.8 Å². The van der Waals surface area contributed by atoms with Gasteiger partial charge in [-0.2, -0.15) is 0 Å². The molecule has 4 aromatic rings. The monoisotopic (exact) mass is 423 g/mol. The predicted octanol–water partition coefficient (Wildman–Crippen LogP) is 7.19. The van der Waals surface area contributed by atoms with E-state index < -0.39 is 0 Å². The zero-order valence-corrected chi connectivity index (χ0v) is 16.9. The highest BCUT2D eigenvalue weighted by atomic mass is 35.5. The molecule has 0 atom stereocenters. The molecule has 2 heterocycles. The number of thiazole rings is 2. The van der Waals surface area contributed by atoms with Gasteiger partial charge in [-0.25, -0.2) is 9.97 Å². The molecule has 0 radical (unpaired) electrons. The average Bonchev–Trinajstić information content (AvgIpc) is 3.23. The van der Waals surface area contributed by atoms with E-state index in [-0.39, 0.29) is 0 Å². The molecule has 0 fully saturated rings. The van der Waals surface area contributed by atoms with E-state index in [1.54, 1.807) is 35.2 Å². The maximum Gasteiger partial charge on any atom is 0.190 e. The second-order valence-electron chi connectivity index (χ2n) is 5.11. The fourth-order valence-electron chi connectivity index (χ4n) is 2.38. The molecule has 0 bridgehead atoms. The molecular weight excluding hydrogens is 413 g/mol. The summed E-state index contributed by atoms with van der Waals surface area (Å²) in [6.45, 7) is 0. The number of para-hydroxylation sites is 1. The third kappa shape index (κ3) is 3.50. The number of benzene rings is 2. The molecule has 0 aliphatic rings. The zero-order valence-electron chi connectivity index (χ0n) is 12.9. The smallest absolute Gasteiger partial charge is 0.190 e. The summed E-state index contributed by atoms with van der Waals surface area (Å²) in [5, 5.41) is 8.13. The molecule has 25 heavy (non-hydrogen) atoms. The Labute approximate surface area is 167 Å². The van der Waals surface area contributed by atoms with Crippen molar-refractivity contribution >= 4 is 78.1 Å². The third-order valence-corrected chi connectivity index (χ3v) is 6.55. The molecule has 0 aliphatic carbocycles. The van der Waals surface area contributed by atoms with Gasteiger partial charge < -0.3 is 5.32 Å². The van der Waals surface area contributed by atoms with Gasteiger partial charge in [0.15, 0.2) is 10.3 Å². The predicted molar refractivity (Wildman–Crippen MR) is 112 cm³/mol. The van der Waals surface area contributed by atoms with E-state index in [1.807, 2.05) is 11.4 Å². The van der Waals surface area contributed by atoms with Crippen molar-refractivity contribution in [2.45, 2.75) is 4.90 Å². The van der Waals surface area contributed by atoms with E-state index in [9.17, 15) is 0 Å². The van der Waals surface area contributed by atoms with Crippen molar-refractivity contribution in [1.29, 1.82) is 0 Å². The molecule has 126 valence electrons. The Morgan fingerprint density at radius 3 is 2.80 bits per heavy atom. The Bertz CT molecular complexity index is 1060. The van der Waals surface area contributed by atoms with Gasteiger partial charge in [-0.3, -0.25) is 0 Å². The van der Waals surface area contributed by atoms with Gasteiger partial charge in [0, 0.05) is 20.9 Å². The highest BCUT2D eigenvalue weighted by Gasteiger charge is 2.12. The van der Waals surface area contributed by atoms with E-state index in [4.69, 9.17) is 28.2 Å². The summed E-state index contributed by atoms with van der Waals surface area (Å²) in [5.41, 5.74) is 2.65. The minimum Gasteiger partial charge on any atom is -0.307 e. The molecule has 0 saturated carbocycles. The molecule has 0 spiro atoms. The van der Waals surface area contributed by atoms with Crippen LogP contribution in [0.25, 0.3) is 21.5 Å². The molecule has 1 N–H and O–H groups in total. The number of rotatable bonds is 4. The fraction of sp³-hybridized carbons (Fsp3) is 0.0588. The van der Waals surface area contributed by atoms with E-state index in [1.165, 1.54) is 16.2 Å². The summed E-state index contributed by atoms with van der Waals surface area (Å²) in [4.78, 5) is 10.5. The van der Waals surface area contributed by atoms with Crippen LogP contribution in [0, 0.1) is 0 Å². The number of thioether (sulfide) groups is 1. The molecular formula is C17H11Cl2N3S3. The van der Waals surface area contributed by atoms with Gasteiger partial charge in [0.05, 0.1) is 20.9 Å². The quantitative estimate of drug-likeness (QED) is 0.352. The Balaban J connectivity index is 1.64. The molecule has 2 aromatic heterocycles.